The summed E-state index contributed by atoms with van der Waals surface area (Å²) < 4.78 is 0. The number of hydrogen-bond donors (Lipinski definition) is 2. The molecule has 2 aromatic rings. The Morgan fingerprint density at radius 3 is 2.54 bits per heavy atom. The van der Waals surface area contributed by atoms with E-state index in [0.29, 0.717) is 48.0 Å². The van der Waals surface area contributed by atoms with Crippen LogP contribution in [-0.4, -0.2) is 51.0 Å². The number of carboxylic acids is 1. The number of amides is 2. The normalized spacial score (nSPS) is 25.6. The molecule has 4 atom stereocenters. The molecule has 41 heavy (non-hydrogen) atoms. The zero-order valence-corrected chi connectivity index (χ0v) is 22.8. The summed E-state index contributed by atoms with van der Waals surface area (Å²) in [6.45, 7) is 1.85. The Morgan fingerprint density at radius 2 is 1.76 bits per heavy atom. The molecule has 8 heteroatoms. The third kappa shape index (κ3) is 4.33. The van der Waals surface area contributed by atoms with Crippen LogP contribution in [0.4, 0.5) is 0 Å². The number of phenolic OH excluding ortho intramolecular Hbond substituents is 1. The molecule has 6 rings (SSSR count). The molecule has 2 amide bonds. The molecule has 210 valence electrons. The molecule has 0 saturated carbocycles. The second-order valence-electron chi connectivity index (χ2n) is 11.5. The lowest BCUT2D eigenvalue weighted by atomic mass is 9.59. The van der Waals surface area contributed by atoms with E-state index in [4.69, 9.17) is 5.11 Å². The summed E-state index contributed by atoms with van der Waals surface area (Å²) >= 11 is 0. The van der Waals surface area contributed by atoms with Gasteiger partial charge in [0.25, 0.3) is 0 Å². The van der Waals surface area contributed by atoms with Crippen molar-refractivity contribution in [2.75, 3.05) is 6.54 Å². The number of fused-ring (bicyclic) bond motifs is 4. The Hall–Kier alpha value is -4.33. The van der Waals surface area contributed by atoms with E-state index in [1.807, 2.05) is 36.4 Å². The number of carbonyl (C=O) groups is 5. The van der Waals surface area contributed by atoms with Crippen LogP contribution in [0.5, 0.6) is 5.75 Å². The molecule has 4 aliphatic rings. The third-order valence-corrected chi connectivity index (χ3v) is 9.16. The van der Waals surface area contributed by atoms with Crippen molar-refractivity contribution >= 4 is 40.1 Å². The van der Waals surface area contributed by atoms with E-state index in [-0.39, 0.29) is 48.5 Å². The Balaban J connectivity index is 1.42. The minimum absolute atomic E-state index is 0.00786. The van der Waals surface area contributed by atoms with Crippen LogP contribution in [0.1, 0.15) is 56.9 Å². The predicted octanol–water partition coefficient (Wildman–Crippen LogP) is 4.62. The molecule has 1 heterocycles. The number of hydrogen-bond acceptors (Lipinski definition) is 6. The standard InChI is InChI=1S/C33H31NO7/c1-17-15-25(36)23-16-22-20(11-12-21-27(22)33(41)34(32(21)40)14-6-2-3-9-26(37)38)29(30(23)31(17)39)28-19-8-5-4-7-18(19)10-13-24(28)35/h4-5,7-8,10-11,13,15,21-22,27,29,35H,2-3,6,9,12,14,16H2,1H3,(H,37,38). The van der Waals surface area contributed by atoms with Crippen molar-refractivity contribution in [2.45, 2.75) is 51.4 Å². The van der Waals surface area contributed by atoms with Crippen molar-refractivity contribution in [3.8, 4) is 5.75 Å². The number of aromatic hydroxyl groups is 1. The second kappa shape index (κ2) is 10.3. The summed E-state index contributed by atoms with van der Waals surface area (Å²) in [6, 6.07) is 11.0. The van der Waals surface area contributed by atoms with Crippen LogP contribution in [0.3, 0.4) is 0 Å². The Bertz CT molecular complexity index is 1630. The summed E-state index contributed by atoms with van der Waals surface area (Å²) in [5, 5.41) is 21.7. The van der Waals surface area contributed by atoms with Crippen LogP contribution in [0.25, 0.3) is 10.8 Å². The van der Waals surface area contributed by atoms with Crippen molar-refractivity contribution in [2.24, 2.45) is 17.8 Å². The van der Waals surface area contributed by atoms with Gasteiger partial charge in [0.15, 0.2) is 11.6 Å². The molecule has 0 radical (unpaired) electrons. The van der Waals surface area contributed by atoms with E-state index in [0.717, 1.165) is 16.3 Å². The van der Waals surface area contributed by atoms with Gasteiger partial charge in [-0.3, -0.25) is 28.9 Å². The summed E-state index contributed by atoms with van der Waals surface area (Å²) in [6.07, 6.45) is 5.45. The van der Waals surface area contributed by atoms with Gasteiger partial charge in [-0.15, -0.1) is 0 Å². The van der Waals surface area contributed by atoms with Gasteiger partial charge >= 0.3 is 5.97 Å². The number of allylic oxidation sites excluding steroid dienone is 6. The highest BCUT2D eigenvalue weighted by atomic mass is 16.4. The van der Waals surface area contributed by atoms with Gasteiger partial charge in [-0.1, -0.05) is 48.4 Å². The number of carbonyl (C=O) groups excluding carboxylic acids is 4. The number of likely N-dealkylation sites (tertiary alicyclic amines) is 1. The van der Waals surface area contributed by atoms with Gasteiger partial charge in [0.05, 0.1) is 11.8 Å². The van der Waals surface area contributed by atoms with E-state index in [2.05, 4.69) is 0 Å². The molecule has 0 aromatic heterocycles. The molecule has 2 N–H and O–H groups in total. The molecule has 1 fully saturated rings. The second-order valence-corrected chi connectivity index (χ2v) is 11.5. The summed E-state index contributed by atoms with van der Waals surface area (Å²) in [5.41, 5.74) is 2.39. The highest BCUT2D eigenvalue weighted by Gasteiger charge is 2.56. The number of rotatable bonds is 7. The largest absolute Gasteiger partial charge is 0.508 e. The van der Waals surface area contributed by atoms with Crippen LogP contribution in [0, 0.1) is 17.8 Å². The first kappa shape index (κ1) is 26.9. The SMILES string of the molecule is CC1=CC(=O)C2=C(C1=O)C(c1c(O)ccc3ccccc13)C1=CCC3C(=O)N(CCCCCC(=O)O)C(=O)C3C1C2. The smallest absolute Gasteiger partial charge is 0.303 e. The molecule has 8 nitrogen and oxygen atoms in total. The Morgan fingerprint density at radius 1 is 0.976 bits per heavy atom. The van der Waals surface area contributed by atoms with E-state index < -0.39 is 29.6 Å². The maximum absolute atomic E-state index is 13.8. The fourth-order valence-electron chi connectivity index (χ4n) is 7.29. The van der Waals surface area contributed by atoms with Gasteiger partial charge in [-0.25, -0.2) is 0 Å². The molecule has 1 aliphatic heterocycles. The fraction of sp³-hybridized carbons (Fsp3) is 0.364. The topological polar surface area (TPSA) is 129 Å². The van der Waals surface area contributed by atoms with E-state index in [1.54, 1.807) is 13.0 Å². The first-order valence-electron chi connectivity index (χ1n) is 14.2. The van der Waals surface area contributed by atoms with E-state index >= 15 is 0 Å². The molecule has 4 unspecified atom stereocenters. The van der Waals surface area contributed by atoms with Crippen molar-refractivity contribution < 1.29 is 34.2 Å². The lowest BCUT2D eigenvalue weighted by Crippen LogP contribution is -2.40. The number of ketones is 2. The van der Waals surface area contributed by atoms with Crippen LogP contribution in [-0.2, 0) is 24.0 Å². The highest BCUT2D eigenvalue weighted by molar-refractivity contribution is 6.24. The Kier molecular flexibility index (Phi) is 6.72. The molecular weight excluding hydrogens is 522 g/mol. The van der Waals surface area contributed by atoms with Gasteiger partial charge in [-0.2, -0.15) is 0 Å². The van der Waals surface area contributed by atoms with Gasteiger partial charge in [0.1, 0.15) is 5.75 Å². The van der Waals surface area contributed by atoms with Gasteiger partial charge in [0.2, 0.25) is 11.8 Å². The van der Waals surface area contributed by atoms with Crippen molar-refractivity contribution in [3.63, 3.8) is 0 Å². The zero-order chi connectivity index (χ0) is 29.0. The summed E-state index contributed by atoms with van der Waals surface area (Å²) in [7, 11) is 0. The maximum atomic E-state index is 13.8. The van der Waals surface area contributed by atoms with E-state index in [1.165, 1.54) is 11.0 Å². The third-order valence-electron chi connectivity index (χ3n) is 9.16. The minimum Gasteiger partial charge on any atom is -0.508 e. The fourth-order valence-corrected chi connectivity index (χ4v) is 7.29. The summed E-state index contributed by atoms with van der Waals surface area (Å²) in [4.78, 5) is 66.4. The molecule has 0 spiro atoms. The molecule has 0 bridgehead atoms. The number of aliphatic carboxylic acids is 1. The van der Waals surface area contributed by atoms with Crippen LogP contribution in [0.2, 0.25) is 0 Å². The number of Topliss-reactive ketones (excluding diaryl/α,β-unsaturated/α-hetero) is 1. The maximum Gasteiger partial charge on any atom is 0.303 e. The number of phenols is 1. The van der Waals surface area contributed by atoms with Crippen molar-refractivity contribution in [1.82, 2.24) is 4.90 Å². The lowest BCUT2D eigenvalue weighted by Gasteiger charge is -2.42. The first-order valence-corrected chi connectivity index (χ1v) is 14.2. The van der Waals surface area contributed by atoms with Gasteiger partial charge in [0, 0.05) is 41.2 Å². The number of benzene rings is 2. The van der Waals surface area contributed by atoms with Crippen LogP contribution in [0.15, 0.2) is 70.8 Å². The zero-order valence-electron chi connectivity index (χ0n) is 22.8. The van der Waals surface area contributed by atoms with Gasteiger partial charge < -0.3 is 10.2 Å². The molecule has 3 aliphatic carbocycles. The van der Waals surface area contributed by atoms with Gasteiger partial charge in [-0.05, 0) is 61.4 Å². The number of unbranched alkanes of at least 4 members (excludes halogenated alkanes) is 2. The van der Waals surface area contributed by atoms with Crippen LogP contribution < -0.4 is 0 Å². The van der Waals surface area contributed by atoms with Crippen LogP contribution >= 0.6 is 0 Å². The van der Waals surface area contributed by atoms with Crippen molar-refractivity contribution in [3.05, 3.63) is 76.4 Å². The lowest BCUT2D eigenvalue weighted by molar-refractivity contribution is -0.141. The highest BCUT2D eigenvalue weighted by Crippen LogP contribution is 2.57. The number of nitrogens with zero attached hydrogens (tertiary/aromatic N) is 1. The predicted molar refractivity (Wildman–Crippen MR) is 150 cm³/mol. The average Bonchev–Trinajstić information content (AvgIpc) is 3.19. The quantitative estimate of drug-likeness (QED) is 0.222. The molecular formula is C33H31NO7. The average molecular weight is 554 g/mol. The first-order chi connectivity index (χ1) is 19.7. The van der Waals surface area contributed by atoms with Crippen molar-refractivity contribution in [1.29, 1.82) is 0 Å². The molecule has 1 saturated heterocycles. The molecule has 2 aromatic carbocycles. The van der Waals surface area contributed by atoms with E-state index in [9.17, 15) is 29.1 Å². The number of imide groups is 1. The number of carboxylic acid groups (broad SMARTS) is 1. The minimum atomic E-state index is -0.874. The monoisotopic (exact) mass is 553 g/mol. The summed E-state index contributed by atoms with van der Waals surface area (Å²) in [5.74, 6) is -4.28. The Labute approximate surface area is 237 Å².